The molecule has 0 aliphatic carbocycles. The molecule has 3 rings (SSSR count). The summed E-state index contributed by atoms with van der Waals surface area (Å²) in [6.07, 6.45) is 0. The molecular weight excluding hydrogens is 428 g/mol. The van der Waals surface area contributed by atoms with E-state index in [0.29, 0.717) is 0 Å². The second-order valence-electron chi connectivity index (χ2n) is 6.24. The minimum Gasteiger partial charge on any atom is -0.399 e. The van der Waals surface area contributed by atoms with Crippen molar-refractivity contribution in [3.63, 3.8) is 0 Å². The molecule has 0 unspecified atom stereocenters. The van der Waals surface area contributed by atoms with Gasteiger partial charge in [0.05, 0.1) is 9.79 Å². The molecule has 162 valence electrons. The lowest BCUT2D eigenvalue weighted by molar-refractivity contribution is 0.481. The van der Waals surface area contributed by atoms with Crippen molar-refractivity contribution in [3.05, 3.63) is 83.9 Å². The minimum absolute atomic E-state index is 0.0666. The smallest absolute Gasteiger partial charge is 0.294 e. The number of hydrogen-bond donors (Lipinski definition) is 4. The predicted octanol–water partition coefficient (Wildman–Crippen LogP) is 3.33. The summed E-state index contributed by atoms with van der Waals surface area (Å²) in [6.45, 7) is 3.68. The van der Waals surface area contributed by atoms with E-state index in [2.05, 4.69) is 0 Å². The quantitative estimate of drug-likeness (QED) is 0.340. The van der Waals surface area contributed by atoms with E-state index < -0.39 is 20.2 Å². The fourth-order valence-corrected chi connectivity index (χ4v) is 2.88. The predicted molar refractivity (Wildman–Crippen MR) is 117 cm³/mol. The van der Waals surface area contributed by atoms with Crippen molar-refractivity contribution < 1.29 is 25.9 Å². The molecule has 3 aromatic carbocycles. The zero-order chi connectivity index (χ0) is 22.9. The summed E-state index contributed by atoms with van der Waals surface area (Å²) in [7, 11) is -8.04. The molecule has 0 amide bonds. The molecule has 0 aliphatic rings. The van der Waals surface area contributed by atoms with Crippen LogP contribution in [0.2, 0.25) is 0 Å². The SMILES string of the molecule is Cc1ccc(S(=O)(=O)O)cc1.Cc1ccc(S(=O)(=O)O)cc1.Nc1ccc(N)cc1. The highest BCUT2D eigenvalue weighted by Crippen LogP contribution is 2.09. The topological polar surface area (TPSA) is 161 Å². The summed E-state index contributed by atoms with van der Waals surface area (Å²) in [5, 5.41) is 0. The highest BCUT2D eigenvalue weighted by Gasteiger charge is 2.07. The van der Waals surface area contributed by atoms with Gasteiger partial charge < -0.3 is 11.5 Å². The minimum atomic E-state index is -4.02. The molecule has 8 nitrogen and oxygen atoms in total. The average molecular weight is 453 g/mol. The van der Waals surface area contributed by atoms with Crippen molar-refractivity contribution in [2.24, 2.45) is 0 Å². The Kier molecular flexibility index (Phi) is 8.99. The monoisotopic (exact) mass is 452 g/mol. The van der Waals surface area contributed by atoms with Gasteiger partial charge >= 0.3 is 0 Å². The Balaban J connectivity index is 0.000000228. The van der Waals surface area contributed by atoms with Crippen LogP contribution in [0.4, 0.5) is 11.4 Å². The van der Waals surface area contributed by atoms with E-state index in [1.807, 2.05) is 13.8 Å². The molecule has 0 saturated carbocycles. The standard InChI is InChI=1S/2C7H8O3S.C6H8N2/c2*1-6-2-4-7(5-3-6)11(8,9)10;7-5-1-2-6(8)4-3-5/h2*2-5H,1H3,(H,8,9,10);1-4H,7-8H2. The molecule has 3 aromatic rings. The van der Waals surface area contributed by atoms with Crippen LogP contribution in [0.15, 0.2) is 82.6 Å². The van der Waals surface area contributed by atoms with E-state index in [-0.39, 0.29) is 9.79 Å². The Morgan fingerprint density at radius 1 is 0.533 bits per heavy atom. The van der Waals surface area contributed by atoms with Gasteiger partial charge in [-0.1, -0.05) is 35.4 Å². The first-order valence-electron chi connectivity index (χ1n) is 8.48. The fraction of sp³-hybridized carbons (Fsp3) is 0.100. The fourth-order valence-electron chi connectivity index (χ4n) is 1.92. The summed E-state index contributed by atoms with van der Waals surface area (Å²) in [4.78, 5) is -0.133. The molecule has 6 N–H and O–H groups in total. The van der Waals surface area contributed by atoms with Gasteiger partial charge in [0.25, 0.3) is 20.2 Å². The van der Waals surface area contributed by atoms with E-state index in [1.165, 1.54) is 24.3 Å². The second-order valence-corrected chi connectivity index (χ2v) is 9.09. The molecule has 0 aromatic heterocycles. The maximum Gasteiger partial charge on any atom is 0.294 e. The molecule has 0 atom stereocenters. The molecule has 30 heavy (non-hydrogen) atoms. The Bertz CT molecular complexity index is 1050. The Morgan fingerprint density at radius 3 is 0.967 bits per heavy atom. The van der Waals surface area contributed by atoms with Crippen molar-refractivity contribution in [2.75, 3.05) is 11.5 Å². The number of hydrogen-bond acceptors (Lipinski definition) is 6. The summed E-state index contributed by atoms with van der Waals surface area (Å²) < 4.78 is 59.1. The molecule has 0 fully saturated rings. The van der Waals surface area contributed by atoms with E-state index >= 15 is 0 Å². The van der Waals surface area contributed by atoms with Crippen molar-refractivity contribution in [1.82, 2.24) is 0 Å². The van der Waals surface area contributed by atoms with Crippen LogP contribution in [0.3, 0.4) is 0 Å². The van der Waals surface area contributed by atoms with Gasteiger partial charge in [0.2, 0.25) is 0 Å². The van der Waals surface area contributed by atoms with Gasteiger partial charge in [-0.2, -0.15) is 16.8 Å². The van der Waals surface area contributed by atoms with E-state index in [9.17, 15) is 16.8 Å². The van der Waals surface area contributed by atoms with Crippen molar-refractivity contribution in [1.29, 1.82) is 0 Å². The summed E-state index contributed by atoms with van der Waals surface area (Å²) in [5.74, 6) is 0. The molecule has 0 heterocycles. The Hall–Kier alpha value is -2.92. The molecule has 10 heteroatoms. The summed E-state index contributed by atoms with van der Waals surface area (Å²) in [5.41, 5.74) is 14.2. The second kappa shape index (κ2) is 10.7. The maximum atomic E-state index is 10.5. The third-order valence-corrected chi connectivity index (χ3v) is 5.31. The van der Waals surface area contributed by atoms with Gasteiger partial charge in [0, 0.05) is 11.4 Å². The van der Waals surface area contributed by atoms with E-state index in [1.54, 1.807) is 48.5 Å². The first-order valence-corrected chi connectivity index (χ1v) is 11.4. The number of rotatable bonds is 2. The number of anilines is 2. The van der Waals surface area contributed by atoms with Gasteiger partial charge in [0.1, 0.15) is 0 Å². The van der Waals surface area contributed by atoms with Crippen LogP contribution in [-0.4, -0.2) is 25.9 Å². The zero-order valence-corrected chi connectivity index (χ0v) is 18.1. The van der Waals surface area contributed by atoms with Crippen LogP contribution in [-0.2, 0) is 20.2 Å². The van der Waals surface area contributed by atoms with Crippen LogP contribution < -0.4 is 11.5 Å². The molecule has 0 bridgehead atoms. The maximum absolute atomic E-state index is 10.5. The lowest BCUT2D eigenvalue weighted by atomic mass is 10.2. The van der Waals surface area contributed by atoms with Gasteiger partial charge in [0.15, 0.2) is 0 Å². The van der Waals surface area contributed by atoms with Crippen LogP contribution in [0.5, 0.6) is 0 Å². The Morgan fingerprint density at radius 2 is 0.767 bits per heavy atom. The van der Waals surface area contributed by atoms with Crippen LogP contribution >= 0.6 is 0 Å². The summed E-state index contributed by atoms with van der Waals surface area (Å²) in [6, 6.07) is 19.1. The van der Waals surface area contributed by atoms with Gasteiger partial charge in [-0.15, -0.1) is 0 Å². The Labute approximate surface area is 176 Å². The van der Waals surface area contributed by atoms with Crippen molar-refractivity contribution in [3.8, 4) is 0 Å². The lowest BCUT2D eigenvalue weighted by Crippen LogP contribution is -1.96. The molecular formula is C20H24N2O6S2. The number of benzene rings is 3. The largest absolute Gasteiger partial charge is 0.399 e. The third kappa shape index (κ3) is 9.52. The van der Waals surface area contributed by atoms with Crippen LogP contribution in [0, 0.1) is 13.8 Å². The highest BCUT2D eigenvalue weighted by atomic mass is 32.2. The van der Waals surface area contributed by atoms with Gasteiger partial charge in [-0.05, 0) is 62.4 Å². The van der Waals surface area contributed by atoms with Crippen molar-refractivity contribution in [2.45, 2.75) is 23.6 Å². The van der Waals surface area contributed by atoms with Crippen molar-refractivity contribution >= 4 is 31.6 Å². The lowest BCUT2D eigenvalue weighted by Gasteiger charge is -1.95. The van der Waals surface area contributed by atoms with Crippen LogP contribution in [0.1, 0.15) is 11.1 Å². The van der Waals surface area contributed by atoms with E-state index in [0.717, 1.165) is 22.5 Å². The first kappa shape index (κ1) is 25.1. The van der Waals surface area contributed by atoms with E-state index in [4.69, 9.17) is 20.6 Å². The van der Waals surface area contributed by atoms with Gasteiger partial charge in [-0.25, -0.2) is 0 Å². The number of aryl methyl sites for hydroxylation is 2. The summed E-state index contributed by atoms with van der Waals surface area (Å²) >= 11 is 0. The zero-order valence-electron chi connectivity index (χ0n) is 16.4. The normalized spacial score (nSPS) is 10.8. The van der Waals surface area contributed by atoms with Gasteiger partial charge in [-0.3, -0.25) is 9.11 Å². The molecule has 0 radical (unpaired) electrons. The molecule has 0 aliphatic heterocycles. The highest BCUT2D eigenvalue weighted by molar-refractivity contribution is 7.86. The van der Waals surface area contributed by atoms with Crippen LogP contribution in [0.25, 0.3) is 0 Å². The average Bonchev–Trinajstić information content (AvgIpc) is 2.64. The number of nitrogens with two attached hydrogens (primary N) is 2. The third-order valence-electron chi connectivity index (χ3n) is 3.57. The molecule has 0 spiro atoms. The number of nitrogen functional groups attached to an aromatic ring is 2. The first-order chi connectivity index (χ1) is 13.8. The molecule has 0 saturated heterocycles.